The van der Waals surface area contributed by atoms with Crippen molar-refractivity contribution >= 4 is 5.91 Å². The predicted molar refractivity (Wildman–Crippen MR) is 72.4 cm³/mol. The highest BCUT2D eigenvalue weighted by Gasteiger charge is 2.12. The molecule has 7 nitrogen and oxygen atoms in total. The van der Waals surface area contributed by atoms with Crippen LogP contribution in [0.1, 0.15) is 23.7 Å². The van der Waals surface area contributed by atoms with Gasteiger partial charge in [-0.15, -0.1) is 5.10 Å². The first kappa shape index (κ1) is 14.1. The van der Waals surface area contributed by atoms with Crippen molar-refractivity contribution in [2.24, 2.45) is 0 Å². The number of aliphatic hydroxyl groups excluding tert-OH is 1. The number of benzene rings is 1. The number of rotatable bonds is 5. The molecule has 20 heavy (non-hydrogen) atoms. The van der Waals surface area contributed by atoms with Crippen molar-refractivity contribution in [1.82, 2.24) is 25.1 Å². The maximum absolute atomic E-state index is 12.2. The molecule has 2 rings (SSSR count). The fourth-order valence-corrected chi connectivity index (χ4v) is 1.74. The summed E-state index contributed by atoms with van der Waals surface area (Å²) < 4.78 is 1.52. The topological polar surface area (TPSA) is 84.1 Å². The Labute approximate surface area is 116 Å². The lowest BCUT2D eigenvalue weighted by Gasteiger charge is -2.18. The molecule has 1 N–H and O–H groups in total. The average Bonchev–Trinajstić information content (AvgIpc) is 2.98. The van der Waals surface area contributed by atoms with Gasteiger partial charge in [0.25, 0.3) is 5.91 Å². The molecule has 0 radical (unpaired) electrons. The third-order valence-corrected chi connectivity index (χ3v) is 2.96. The first-order valence-electron chi connectivity index (χ1n) is 6.35. The summed E-state index contributed by atoms with van der Waals surface area (Å²) in [7, 11) is 1.72. The number of tetrazole rings is 1. The highest BCUT2D eigenvalue weighted by molar-refractivity contribution is 5.94. The Morgan fingerprint density at radius 1 is 1.40 bits per heavy atom. The smallest absolute Gasteiger partial charge is 0.253 e. The van der Waals surface area contributed by atoms with Crippen LogP contribution in [0, 0.1) is 0 Å². The molecule has 106 valence electrons. The molecule has 1 unspecified atom stereocenters. The van der Waals surface area contributed by atoms with E-state index < -0.39 is 6.10 Å². The summed E-state index contributed by atoms with van der Waals surface area (Å²) in [6.45, 7) is 2.23. The molecule has 1 atom stereocenters. The van der Waals surface area contributed by atoms with Crippen molar-refractivity contribution in [3.05, 3.63) is 36.2 Å². The summed E-state index contributed by atoms with van der Waals surface area (Å²) in [6.07, 6.45) is 1.64. The molecule has 2 aromatic rings. The van der Waals surface area contributed by atoms with E-state index in [9.17, 15) is 9.90 Å². The molecular formula is C13H17N5O2. The Kier molecular flexibility index (Phi) is 4.41. The largest absolute Gasteiger partial charge is 0.393 e. The second kappa shape index (κ2) is 6.25. The predicted octanol–water partition coefficient (Wildman–Crippen LogP) is 0.505. The maximum atomic E-state index is 12.2. The van der Waals surface area contributed by atoms with Crippen molar-refractivity contribution in [2.75, 3.05) is 13.6 Å². The Bertz CT molecular complexity index is 551. The van der Waals surface area contributed by atoms with Crippen LogP contribution in [0.5, 0.6) is 0 Å². The average molecular weight is 275 g/mol. The number of aliphatic hydroxyl groups is 1. The van der Waals surface area contributed by atoms with E-state index in [0.717, 1.165) is 5.69 Å². The van der Waals surface area contributed by atoms with Crippen molar-refractivity contribution < 1.29 is 9.90 Å². The van der Waals surface area contributed by atoms with Crippen LogP contribution < -0.4 is 0 Å². The zero-order valence-electron chi connectivity index (χ0n) is 11.5. The normalized spacial score (nSPS) is 12.2. The van der Waals surface area contributed by atoms with E-state index in [-0.39, 0.29) is 5.91 Å². The number of hydrogen-bond donors (Lipinski definition) is 1. The van der Waals surface area contributed by atoms with Gasteiger partial charge in [-0.1, -0.05) is 0 Å². The Morgan fingerprint density at radius 3 is 2.65 bits per heavy atom. The van der Waals surface area contributed by atoms with E-state index in [4.69, 9.17) is 0 Å². The second-order valence-electron chi connectivity index (χ2n) is 4.67. The van der Waals surface area contributed by atoms with Crippen molar-refractivity contribution in [3.8, 4) is 5.69 Å². The fourth-order valence-electron chi connectivity index (χ4n) is 1.74. The summed E-state index contributed by atoms with van der Waals surface area (Å²) in [5, 5.41) is 20.1. The maximum Gasteiger partial charge on any atom is 0.253 e. The number of carbonyl (C=O) groups excluding carboxylic acids is 1. The fraction of sp³-hybridized carbons (Fsp3) is 0.385. The summed E-state index contributed by atoms with van der Waals surface area (Å²) in [5.74, 6) is -0.0751. The molecular weight excluding hydrogens is 258 g/mol. The Hall–Kier alpha value is -2.28. The third-order valence-electron chi connectivity index (χ3n) is 2.96. The monoisotopic (exact) mass is 275 g/mol. The van der Waals surface area contributed by atoms with Gasteiger partial charge in [0, 0.05) is 19.2 Å². The van der Waals surface area contributed by atoms with Crippen molar-refractivity contribution in [3.63, 3.8) is 0 Å². The van der Waals surface area contributed by atoms with Gasteiger partial charge in [0.15, 0.2) is 0 Å². The minimum atomic E-state index is -0.410. The number of carbonyl (C=O) groups is 1. The molecule has 0 aliphatic rings. The molecule has 7 heteroatoms. The minimum absolute atomic E-state index is 0.0751. The minimum Gasteiger partial charge on any atom is -0.393 e. The molecule has 0 fully saturated rings. The third kappa shape index (κ3) is 3.39. The van der Waals surface area contributed by atoms with E-state index in [1.54, 1.807) is 43.1 Å². The lowest BCUT2D eigenvalue weighted by Crippen LogP contribution is -2.29. The van der Waals surface area contributed by atoms with Gasteiger partial charge in [0.1, 0.15) is 6.33 Å². The van der Waals surface area contributed by atoms with Crippen LogP contribution in [-0.2, 0) is 0 Å². The van der Waals surface area contributed by atoms with E-state index >= 15 is 0 Å². The van der Waals surface area contributed by atoms with Gasteiger partial charge < -0.3 is 10.0 Å². The summed E-state index contributed by atoms with van der Waals surface area (Å²) >= 11 is 0. The van der Waals surface area contributed by atoms with Gasteiger partial charge in [0.2, 0.25) is 0 Å². The van der Waals surface area contributed by atoms with E-state index in [0.29, 0.717) is 18.5 Å². The van der Waals surface area contributed by atoms with E-state index in [2.05, 4.69) is 15.5 Å². The molecule has 0 spiro atoms. The van der Waals surface area contributed by atoms with Gasteiger partial charge >= 0.3 is 0 Å². The van der Waals surface area contributed by atoms with Gasteiger partial charge in [-0.05, 0) is 48.0 Å². The van der Waals surface area contributed by atoms with E-state index in [1.807, 2.05) is 0 Å². The van der Waals surface area contributed by atoms with Gasteiger partial charge in [-0.3, -0.25) is 4.79 Å². The Balaban J connectivity index is 2.04. The lowest BCUT2D eigenvalue weighted by molar-refractivity contribution is 0.0769. The summed E-state index contributed by atoms with van der Waals surface area (Å²) in [6, 6.07) is 7.04. The van der Waals surface area contributed by atoms with Crippen LogP contribution in [0.4, 0.5) is 0 Å². The van der Waals surface area contributed by atoms with Crippen LogP contribution in [0.3, 0.4) is 0 Å². The highest BCUT2D eigenvalue weighted by Crippen LogP contribution is 2.10. The second-order valence-corrected chi connectivity index (χ2v) is 4.67. The molecule has 0 saturated heterocycles. The molecule has 0 bridgehead atoms. The molecule has 1 aromatic carbocycles. The van der Waals surface area contributed by atoms with Crippen LogP contribution in [-0.4, -0.2) is 55.8 Å². The molecule has 0 aliphatic heterocycles. The standard InChI is InChI=1S/C13H17N5O2/c1-10(19)7-8-17(2)13(20)11-3-5-12(6-4-11)18-9-14-15-16-18/h3-6,9-10,19H,7-8H2,1-2H3. The number of hydrogen-bond acceptors (Lipinski definition) is 5. The zero-order chi connectivity index (χ0) is 14.5. The quantitative estimate of drug-likeness (QED) is 0.859. The van der Waals surface area contributed by atoms with Crippen molar-refractivity contribution in [2.45, 2.75) is 19.4 Å². The Morgan fingerprint density at radius 2 is 2.10 bits per heavy atom. The first-order chi connectivity index (χ1) is 9.58. The van der Waals surface area contributed by atoms with Gasteiger partial charge in [-0.2, -0.15) is 0 Å². The molecule has 0 saturated carbocycles. The van der Waals surface area contributed by atoms with Crippen LogP contribution in [0.25, 0.3) is 5.69 Å². The molecule has 1 aromatic heterocycles. The molecule has 1 heterocycles. The first-order valence-corrected chi connectivity index (χ1v) is 6.35. The van der Waals surface area contributed by atoms with Gasteiger partial charge in [0.05, 0.1) is 11.8 Å². The SMILES string of the molecule is CC(O)CCN(C)C(=O)c1ccc(-n2cnnn2)cc1. The molecule has 0 aliphatic carbocycles. The van der Waals surface area contributed by atoms with Gasteiger partial charge in [-0.25, -0.2) is 4.68 Å². The summed E-state index contributed by atoms with van der Waals surface area (Å²) in [5.41, 5.74) is 1.38. The number of amides is 1. The highest BCUT2D eigenvalue weighted by atomic mass is 16.3. The van der Waals surface area contributed by atoms with E-state index in [1.165, 1.54) is 11.0 Å². The van der Waals surface area contributed by atoms with Crippen molar-refractivity contribution in [1.29, 1.82) is 0 Å². The molecule has 1 amide bonds. The van der Waals surface area contributed by atoms with Crippen LogP contribution >= 0.6 is 0 Å². The number of aromatic nitrogens is 4. The van der Waals surface area contributed by atoms with Crippen LogP contribution in [0.2, 0.25) is 0 Å². The zero-order valence-corrected chi connectivity index (χ0v) is 11.5. The summed E-state index contributed by atoms with van der Waals surface area (Å²) in [4.78, 5) is 13.7. The van der Waals surface area contributed by atoms with Crippen LogP contribution in [0.15, 0.2) is 30.6 Å². The number of nitrogens with zero attached hydrogens (tertiary/aromatic N) is 5. The lowest BCUT2D eigenvalue weighted by atomic mass is 10.1.